The second-order valence-electron chi connectivity index (χ2n) is 16.0. The zero-order valence-corrected chi connectivity index (χ0v) is 32.2. The second kappa shape index (κ2) is 12.4. The highest BCUT2D eigenvalue weighted by Crippen LogP contribution is 2.59. The molecule has 13 rings (SSSR count). The van der Waals surface area contributed by atoms with Gasteiger partial charge in [0.1, 0.15) is 0 Å². The molecule has 59 heavy (non-hydrogen) atoms. The highest BCUT2D eigenvalue weighted by molar-refractivity contribution is 6.20. The number of para-hydroxylation sites is 3. The smallest absolute Gasteiger partial charge is 0.0562 e. The van der Waals surface area contributed by atoms with E-state index in [1.54, 1.807) is 0 Å². The van der Waals surface area contributed by atoms with Crippen LogP contribution in [0.4, 0.5) is 0 Å². The van der Waals surface area contributed by atoms with Crippen molar-refractivity contribution in [3.63, 3.8) is 0 Å². The van der Waals surface area contributed by atoms with Gasteiger partial charge in [-0.15, -0.1) is 0 Å². The molecule has 0 N–H and O–H groups in total. The maximum absolute atomic E-state index is 2.55. The largest absolute Gasteiger partial charge is 0.309 e. The van der Waals surface area contributed by atoms with Crippen LogP contribution in [0.3, 0.4) is 0 Å². The summed E-state index contributed by atoms with van der Waals surface area (Å²) in [7, 11) is 0. The van der Waals surface area contributed by atoms with Gasteiger partial charge in [0.15, 0.2) is 0 Å². The SMILES string of the molecule is C1=C2c3cccc(-c4ccc(-c5cccc(-c6ccccc6)c5)cc4)c3-c3c(cccc3-n3c4ccccc4c4cc5c6ccccc6n(-c6ccccc6)c5cc43)C12. The van der Waals surface area contributed by atoms with Crippen LogP contribution in [0.15, 0.2) is 212 Å². The van der Waals surface area contributed by atoms with Crippen molar-refractivity contribution in [3.8, 4) is 55.9 Å². The number of rotatable bonds is 5. The highest BCUT2D eigenvalue weighted by Gasteiger charge is 2.39. The Labute approximate surface area is 342 Å². The van der Waals surface area contributed by atoms with Crippen LogP contribution < -0.4 is 0 Å². The molecule has 2 aliphatic rings. The Morgan fingerprint density at radius 2 is 0.881 bits per heavy atom. The van der Waals surface area contributed by atoms with Crippen LogP contribution in [-0.4, -0.2) is 9.13 Å². The van der Waals surface area contributed by atoms with E-state index in [0.29, 0.717) is 5.92 Å². The molecule has 0 saturated carbocycles. The summed E-state index contributed by atoms with van der Waals surface area (Å²) in [5, 5.41) is 5.07. The van der Waals surface area contributed by atoms with E-state index in [1.165, 1.54) is 116 Å². The van der Waals surface area contributed by atoms with Crippen LogP contribution in [-0.2, 0) is 0 Å². The molecular formula is C57H36N2. The lowest BCUT2D eigenvalue weighted by atomic mass is 9.80. The van der Waals surface area contributed by atoms with Crippen molar-refractivity contribution in [2.45, 2.75) is 5.92 Å². The fourth-order valence-electron chi connectivity index (χ4n) is 10.1. The average Bonchev–Trinajstić information content (AvgIpc) is 3.98. The van der Waals surface area contributed by atoms with Gasteiger partial charge in [-0.25, -0.2) is 0 Å². The number of fused-ring (bicyclic) bond motifs is 12. The Morgan fingerprint density at radius 1 is 0.322 bits per heavy atom. The Bertz CT molecular complexity index is 3530. The normalized spacial score (nSPS) is 14.0. The molecule has 1 atom stereocenters. The summed E-state index contributed by atoms with van der Waals surface area (Å²) in [5.74, 6) is 0.340. The van der Waals surface area contributed by atoms with Crippen molar-refractivity contribution in [2.24, 2.45) is 0 Å². The minimum absolute atomic E-state index is 0.340. The zero-order valence-electron chi connectivity index (χ0n) is 32.2. The van der Waals surface area contributed by atoms with E-state index in [2.05, 4.69) is 221 Å². The van der Waals surface area contributed by atoms with Gasteiger partial charge in [-0.2, -0.15) is 0 Å². The van der Waals surface area contributed by atoms with Gasteiger partial charge in [0.25, 0.3) is 0 Å². The minimum Gasteiger partial charge on any atom is -0.309 e. The van der Waals surface area contributed by atoms with E-state index in [4.69, 9.17) is 0 Å². The van der Waals surface area contributed by atoms with Gasteiger partial charge in [0.2, 0.25) is 0 Å². The number of allylic oxidation sites excluding steroid dienone is 2. The Balaban J connectivity index is 1.03. The molecule has 2 aliphatic carbocycles. The summed E-state index contributed by atoms with van der Waals surface area (Å²) in [5.41, 5.74) is 21.4. The lowest BCUT2D eigenvalue weighted by molar-refractivity contribution is 1.14. The van der Waals surface area contributed by atoms with Gasteiger partial charge in [-0.1, -0.05) is 164 Å². The lowest BCUT2D eigenvalue weighted by Crippen LogP contribution is -2.06. The van der Waals surface area contributed by atoms with Gasteiger partial charge in [0, 0.05) is 38.7 Å². The number of nitrogens with zero attached hydrogens (tertiary/aromatic N) is 2. The van der Waals surface area contributed by atoms with E-state index in [0.717, 1.165) is 0 Å². The van der Waals surface area contributed by atoms with Crippen molar-refractivity contribution in [2.75, 3.05) is 0 Å². The fourth-order valence-corrected chi connectivity index (χ4v) is 10.1. The van der Waals surface area contributed by atoms with Gasteiger partial charge >= 0.3 is 0 Å². The van der Waals surface area contributed by atoms with Crippen LogP contribution >= 0.6 is 0 Å². The first-order valence-corrected chi connectivity index (χ1v) is 20.6. The van der Waals surface area contributed by atoms with Crippen molar-refractivity contribution >= 4 is 49.2 Å². The van der Waals surface area contributed by atoms with Crippen LogP contribution in [0, 0.1) is 0 Å². The van der Waals surface area contributed by atoms with E-state index in [-0.39, 0.29) is 0 Å². The second-order valence-corrected chi connectivity index (χ2v) is 16.0. The highest BCUT2D eigenvalue weighted by atomic mass is 15.0. The fraction of sp³-hybridized carbons (Fsp3) is 0.0175. The van der Waals surface area contributed by atoms with Crippen LogP contribution in [0.25, 0.3) is 105 Å². The molecule has 9 aromatic carbocycles. The summed E-state index contributed by atoms with van der Waals surface area (Å²) in [6.07, 6.45) is 2.45. The lowest BCUT2D eigenvalue weighted by Gasteiger charge is -2.26. The summed E-state index contributed by atoms with van der Waals surface area (Å²) in [6.45, 7) is 0. The number of benzene rings is 9. The molecule has 0 aliphatic heterocycles. The van der Waals surface area contributed by atoms with Crippen molar-refractivity contribution < 1.29 is 0 Å². The summed E-state index contributed by atoms with van der Waals surface area (Å²) in [4.78, 5) is 0. The standard InChI is InChI=1S/C57H36N2/c1-3-14-36(15-4-1)39-16-11-17-40(32-39)37-28-30-38(31-29-37)42-22-12-23-45-47-33-48(47)46-24-13-27-53(57(46)56(42)45)59-52-26-10-8-21-44(52)50-34-49-43-20-7-9-25-51(43)58(54(49)35-55(50)59)41-18-5-2-6-19-41/h1-35,48H. The van der Waals surface area contributed by atoms with Crippen LogP contribution in [0.1, 0.15) is 17.0 Å². The number of hydrogen-bond acceptors (Lipinski definition) is 0. The Morgan fingerprint density at radius 3 is 1.63 bits per heavy atom. The molecule has 0 spiro atoms. The molecule has 1 unspecified atom stereocenters. The Hall–Kier alpha value is -7.68. The van der Waals surface area contributed by atoms with Crippen LogP contribution in [0.2, 0.25) is 0 Å². The molecule has 2 nitrogen and oxygen atoms in total. The third kappa shape index (κ3) is 4.81. The summed E-state index contributed by atoms with van der Waals surface area (Å²) < 4.78 is 4.98. The third-order valence-corrected chi connectivity index (χ3v) is 12.8. The van der Waals surface area contributed by atoms with Gasteiger partial charge in [-0.05, 0) is 104 Å². The molecule has 0 bridgehead atoms. The van der Waals surface area contributed by atoms with E-state index >= 15 is 0 Å². The van der Waals surface area contributed by atoms with Crippen molar-refractivity contribution in [1.29, 1.82) is 0 Å². The van der Waals surface area contributed by atoms with Gasteiger partial charge in [0.05, 0.1) is 27.8 Å². The zero-order chi connectivity index (χ0) is 38.6. The third-order valence-electron chi connectivity index (χ3n) is 12.8. The molecule has 11 aromatic rings. The van der Waals surface area contributed by atoms with Gasteiger partial charge in [-0.3, -0.25) is 0 Å². The maximum Gasteiger partial charge on any atom is 0.0562 e. The first-order valence-electron chi connectivity index (χ1n) is 20.6. The summed E-state index contributed by atoms with van der Waals surface area (Å²) >= 11 is 0. The minimum atomic E-state index is 0.340. The number of aromatic nitrogens is 2. The Kier molecular flexibility index (Phi) is 6.82. The molecule has 0 radical (unpaired) electrons. The quantitative estimate of drug-likeness (QED) is 0.166. The molecular weight excluding hydrogens is 713 g/mol. The van der Waals surface area contributed by atoms with Crippen LogP contribution in [0.5, 0.6) is 0 Å². The number of hydrogen-bond donors (Lipinski definition) is 0. The molecule has 274 valence electrons. The maximum atomic E-state index is 2.55. The molecule has 0 saturated heterocycles. The monoisotopic (exact) mass is 748 g/mol. The first kappa shape index (κ1) is 32.4. The first-order chi connectivity index (χ1) is 29.3. The average molecular weight is 749 g/mol. The molecule has 0 amide bonds. The molecule has 0 fully saturated rings. The van der Waals surface area contributed by atoms with E-state index in [9.17, 15) is 0 Å². The van der Waals surface area contributed by atoms with E-state index in [1.807, 2.05) is 0 Å². The predicted octanol–water partition coefficient (Wildman–Crippen LogP) is 15.0. The van der Waals surface area contributed by atoms with Crippen molar-refractivity contribution in [1.82, 2.24) is 9.13 Å². The summed E-state index contributed by atoms with van der Waals surface area (Å²) in [6, 6.07) is 76.0. The molecule has 2 heteroatoms. The molecule has 2 heterocycles. The topological polar surface area (TPSA) is 9.86 Å². The van der Waals surface area contributed by atoms with Gasteiger partial charge < -0.3 is 9.13 Å². The van der Waals surface area contributed by atoms with Crippen molar-refractivity contribution in [3.05, 3.63) is 223 Å². The predicted molar refractivity (Wildman–Crippen MR) is 248 cm³/mol. The molecule has 2 aromatic heterocycles. The van der Waals surface area contributed by atoms with E-state index < -0.39 is 0 Å².